The highest BCUT2D eigenvalue weighted by Gasteiger charge is 2.25. The third-order valence-corrected chi connectivity index (χ3v) is 6.17. The van der Waals surface area contributed by atoms with Crippen LogP contribution in [-0.4, -0.2) is 23.1 Å². The van der Waals surface area contributed by atoms with Crippen molar-refractivity contribution >= 4 is 27.4 Å². The molecule has 4 rings (SSSR count). The fourth-order valence-corrected chi connectivity index (χ4v) is 4.97. The number of nitrogens with zero attached hydrogens (tertiary/aromatic N) is 3. The normalized spacial score (nSPS) is 23.1. The van der Waals surface area contributed by atoms with Gasteiger partial charge in [0.25, 0.3) is 0 Å². The molecular formula is C17H23N3S. The number of thiophene rings is 1. The minimum Gasteiger partial charge on any atom is -0.356 e. The average molecular weight is 301 g/mol. The lowest BCUT2D eigenvalue weighted by Gasteiger charge is -2.24. The zero-order chi connectivity index (χ0) is 14.2. The summed E-state index contributed by atoms with van der Waals surface area (Å²) in [6.07, 6.45) is 10.9. The van der Waals surface area contributed by atoms with Gasteiger partial charge in [0.1, 0.15) is 17.0 Å². The number of fused-ring (bicyclic) bond motifs is 3. The summed E-state index contributed by atoms with van der Waals surface area (Å²) in [6, 6.07) is 0. The third kappa shape index (κ3) is 2.44. The van der Waals surface area contributed by atoms with Gasteiger partial charge in [-0.25, -0.2) is 9.97 Å². The molecule has 2 aromatic rings. The Morgan fingerprint density at radius 2 is 1.95 bits per heavy atom. The van der Waals surface area contributed by atoms with Gasteiger partial charge >= 0.3 is 0 Å². The van der Waals surface area contributed by atoms with Crippen molar-refractivity contribution in [2.75, 3.05) is 18.0 Å². The van der Waals surface area contributed by atoms with Gasteiger partial charge in [-0.2, -0.15) is 0 Å². The number of rotatable bonds is 1. The highest BCUT2D eigenvalue weighted by atomic mass is 32.1. The molecule has 0 aromatic carbocycles. The van der Waals surface area contributed by atoms with Crippen molar-refractivity contribution in [3.63, 3.8) is 0 Å². The molecule has 4 heteroatoms. The van der Waals surface area contributed by atoms with E-state index in [1.54, 1.807) is 16.8 Å². The molecule has 1 atom stereocenters. The van der Waals surface area contributed by atoms with Crippen LogP contribution in [-0.2, 0) is 12.8 Å². The fraction of sp³-hybridized carbons (Fsp3) is 0.647. The van der Waals surface area contributed by atoms with E-state index in [1.165, 1.54) is 61.0 Å². The third-order valence-electron chi connectivity index (χ3n) is 4.97. The smallest absolute Gasteiger partial charge is 0.141 e. The number of hydrogen-bond acceptors (Lipinski definition) is 4. The van der Waals surface area contributed by atoms with Crippen LogP contribution in [0.2, 0.25) is 0 Å². The maximum Gasteiger partial charge on any atom is 0.141 e. The number of aryl methyl sites for hydroxylation is 1. The summed E-state index contributed by atoms with van der Waals surface area (Å²) in [5.74, 6) is 2.01. The monoisotopic (exact) mass is 301 g/mol. The Bertz CT molecular complexity index is 641. The predicted molar refractivity (Wildman–Crippen MR) is 89.3 cm³/mol. The van der Waals surface area contributed by atoms with Crippen LogP contribution in [0, 0.1) is 5.92 Å². The number of hydrogen-bond donors (Lipinski definition) is 0. The molecule has 0 amide bonds. The van der Waals surface area contributed by atoms with Crippen molar-refractivity contribution < 1.29 is 0 Å². The SMILES string of the molecule is C[C@@H]1CCc2sc3ncnc(N4CCCCCC4)c3c2C1. The topological polar surface area (TPSA) is 29.0 Å². The predicted octanol–water partition coefficient (Wildman–Crippen LogP) is 4.20. The molecular weight excluding hydrogens is 278 g/mol. The first-order valence-electron chi connectivity index (χ1n) is 8.33. The van der Waals surface area contributed by atoms with Gasteiger partial charge in [0.2, 0.25) is 0 Å². The molecule has 1 saturated heterocycles. The number of anilines is 1. The molecule has 2 aliphatic rings. The van der Waals surface area contributed by atoms with E-state index in [4.69, 9.17) is 4.98 Å². The molecule has 0 bridgehead atoms. The van der Waals surface area contributed by atoms with Crippen LogP contribution in [0.1, 0.15) is 49.5 Å². The summed E-state index contributed by atoms with van der Waals surface area (Å²) < 4.78 is 0. The molecule has 0 spiro atoms. The Labute approximate surface area is 130 Å². The molecule has 3 nitrogen and oxygen atoms in total. The molecule has 1 aliphatic heterocycles. The minimum absolute atomic E-state index is 0.799. The molecule has 2 aromatic heterocycles. The van der Waals surface area contributed by atoms with Gasteiger partial charge in [0.15, 0.2) is 0 Å². The molecule has 0 saturated carbocycles. The first-order chi connectivity index (χ1) is 10.3. The summed E-state index contributed by atoms with van der Waals surface area (Å²) in [5.41, 5.74) is 1.56. The van der Waals surface area contributed by atoms with Crippen LogP contribution in [0.5, 0.6) is 0 Å². The van der Waals surface area contributed by atoms with Crippen LogP contribution in [0.25, 0.3) is 10.2 Å². The minimum atomic E-state index is 0.799. The van der Waals surface area contributed by atoms with Crippen LogP contribution >= 0.6 is 11.3 Å². The van der Waals surface area contributed by atoms with Gasteiger partial charge in [-0.05, 0) is 43.6 Å². The summed E-state index contributed by atoms with van der Waals surface area (Å²) in [6.45, 7) is 4.69. The van der Waals surface area contributed by atoms with Gasteiger partial charge in [-0.15, -0.1) is 11.3 Å². The highest BCUT2D eigenvalue weighted by Crippen LogP contribution is 2.40. The zero-order valence-corrected chi connectivity index (χ0v) is 13.6. The van der Waals surface area contributed by atoms with E-state index in [0.29, 0.717) is 0 Å². The summed E-state index contributed by atoms with van der Waals surface area (Å²) in [4.78, 5) is 14.6. The lowest BCUT2D eigenvalue weighted by molar-refractivity contribution is 0.508. The molecule has 112 valence electrons. The lowest BCUT2D eigenvalue weighted by Crippen LogP contribution is -2.25. The van der Waals surface area contributed by atoms with E-state index in [0.717, 1.165) is 19.0 Å². The van der Waals surface area contributed by atoms with E-state index in [1.807, 2.05) is 11.3 Å². The second-order valence-corrected chi connectivity index (χ2v) is 7.71. The summed E-state index contributed by atoms with van der Waals surface area (Å²) in [5, 5.41) is 1.38. The van der Waals surface area contributed by atoms with E-state index in [-0.39, 0.29) is 0 Å². The Balaban J connectivity index is 1.83. The molecule has 1 aliphatic carbocycles. The zero-order valence-electron chi connectivity index (χ0n) is 12.8. The molecule has 0 N–H and O–H groups in total. The van der Waals surface area contributed by atoms with Gasteiger partial charge < -0.3 is 4.90 Å². The van der Waals surface area contributed by atoms with E-state index in [9.17, 15) is 0 Å². The van der Waals surface area contributed by atoms with E-state index < -0.39 is 0 Å². The van der Waals surface area contributed by atoms with Crippen molar-refractivity contribution in [1.29, 1.82) is 0 Å². The second-order valence-electron chi connectivity index (χ2n) is 6.63. The number of aromatic nitrogens is 2. The maximum absolute atomic E-state index is 4.70. The van der Waals surface area contributed by atoms with Crippen LogP contribution in [0.15, 0.2) is 6.33 Å². The van der Waals surface area contributed by atoms with Crippen molar-refractivity contribution in [3.8, 4) is 0 Å². The standard InChI is InChI=1S/C17H23N3S/c1-12-6-7-14-13(10-12)15-16(18-11-19-17(15)21-14)20-8-4-2-3-5-9-20/h11-12H,2-10H2,1H3/t12-/m1/s1. The van der Waals surface area contributed by atoms with E-state index in [2.05, 4.69) is 16.8 Å². The van der Waals surface area contributed by atoms with Gasteiger partial charge in [0.05, 0.1) is 5.39 Å². The first kappa shape index (κ1) is 13.5. The molecule has 0 radical (unpaired) electrons. The van der Waals surface area contributed by atoms with Crippen LogP contribution in [0.3, 0.4) is 0 Å². The van der Waals surface area contributed by atoms with Crippen molar-refractivity contribution in [2.45, 2.75) is 51.9 Å². The fourth-order valence-electron chi connectivity index (χ4n) is 3.79. The second kappa shape index (κ2) is 5.56. The van der Waals surface area contributed by atoms with Crippen molar-refractivity contribution in [1.82, 2.24) is 9.97 Å². The Kier molecular flexibility index (Phi) is 3.57. The highest BCUT2D eigenvalue weighted by molar-refractivity contribution is 7.19. The van der Waals surface area contributed by atoms with Crippen molar-refractivity contribution in [2.24, 2.45) is 5.92 Å². The largest absolute Gasteiger partial charge is 0.356 e. The van der Waals surface area contributed by atoms with Crippen molar-refractivity contribution in [3.05, 3.63) is 16.8 Å². The quantitative estimate of drug-likeness (QED) is 0.790. The molecule has 0 unspecified atom stereocenters. The summed E-state index contributed by atoms with van der Waals surface area (Å²) in [7, 11) is 0. The molecule has 1 fully saturated rings. The Morgan fingerprint density at radius 1 is 1.14 bits per heavy atom. The Hall–Kier alpha value is -1.16. The Morgan fingerprint density at radius 3 is 2.76 bits per heavy atom. The molecule has 3 heterocycles. The summed E-state index contributed by atoms with van der Waals surface area (Å²) >= 11 is 1.91. The first-order valence-corrected chi connectivity index (χ1v) is 9.15. The van der Waals surface area contributed by atoms with Gasteiger partial charge in [-0.3, -0.25) is 0 Å². The lowest BCUT2D eigenvalue weighted by atomic mass is 9.88. The maximum atomic E-state index is 4.70. The van der Waals surface area contributed by atoms with Gasteiger partial charge in [0, 0.05) is 18.0 Å². The van der Waals surface area contributed by atoms with Crippen LogP contribution in [0.4, 0.5) is 5.82 Å². The van der Waals surface area contributed by atoms with Crippen LogP contribution < -0.4 is 4.90 Å². The average Bonchev–Trinajstić information content (AvgIpc) is 2.69. The van der Waals surface area contributed by atoms with Gasteiger partial charge in [-0.1, -0.05) is 19.8 Å². The molecule has 21 heavy (non-hydrogen) atoms. The van der Waals surface area contributed by atoms with E-state index >= 15 is 0 Å².